The van der Waals surface area contributed by atoms with Gasteiger partial charge in [-0.15, -0.1) is 11.3 Å². The number of thiazole rings is 1. The molecule has 1 N–H and O–H groups in total. The Kier molecular flexibility index (Phi) is 5.58. The van der Waals surface area contributed by atoms with Gasteiger partial charge < -0.3 is 19.7 Å². The van der Waals surface area contributed by atoms with Crippen molar-refractivity contribution in [3.05, 3.63) is 34.8 Å². The van der Waals surface area contributed by atoms with Gasteiger partial charge >= 0.3 is 0 Å². The highest BCUT2D eigenvalue weighted by Gasteiger charge is 2.15. The molecule has 0 spiro atoms. The summed E-state index contributed by atoms with van der Waals surface area (Å²) in [4.78, 5) is 8.06. The molecule has 0 saturated heterocycles. The molecule has 1 atom stereocenters. The molecule has 1 aromatic carbocycles. The van der Waals surface area contributed by atoms with Crippen molar-refractivity contribution in [2.45, 2.75) is 33.4 Å². The standard InChI is InChI=1S/C18H25N3O2S/c1-4-21(5-2)18-20-12-15(24-18)11-19-13(3)14-6-7-16-17(10-14)23-9-8-22-16/h6-7,10,12-13,19H,4-5,8-9,11H2,1-3H3. The molecule has 0 fully saturated rings. The Hall–Kier alpha value is -1.79. The summed E-state index contributed by atoms with van der Waals surface area (Å²) in [6.07, 6.45) is 1.97. The molecule has 6 heteroatoms. The minimum atomic E-state index is 0.236. The van der Waals surface area contributed by atoms with Gasteiger partial charge in [-0.2, -0.15) is 0 Å². The smallest absolute Gasteiger partial charge is 0.185 e. The quantitative estimate of drug-likeness (QED) is 0.829. The predicted octanol–water partition coefficient (Wildman–Crippen LogP) is 3.61. The third-order valence-corrected chi connectivity index (χ3v) is 5.28. The Labute approximate surface area is 147 Å². The fourth-order valence-electron chi connectivity index (χ4n) is 2.72. The first kappa shape index (κ1) is 17.0. The van der Waals surface area contributed by atoms with Crippen molar-refractivity contribution in [2.24, 2.45) is 0 Å². The van der Waals surface area contributed by atoms with E-state index in [9.17, 15) is 0 Å². The van der Waals surface area contributed by atoms with Crippen molar-refractivity contribution in [1.82, 2.24) is 10.3 Å². The molecule has 2 aromatic rings. The number of aromatic nitrogens is 1. The number of rotatable bonds is 7. The van der Waals surface area contributed by atoms with Gasteiger partial charge in [0.25, 0.3) is 0 Å². The molecule has 2 heterocycles. The summed E-state index contributed by atoms with van der Waals surface area (Å²) in [6, 6.07) is 6.40. The van der Waals surface area contributed by atoms with Gasteiger partial charge in [-0.3, -0.25) is 0 Å². The Morgan fingerprint density at radius 2 is 1.96 bits per heavy atom. The van der Waals surface area contributed by atoms with Gasteiger partial charge in [0.05, 0.1) is 0 Å². The number of fused-ring (bicyclic) bond motifs is 1. The van der Waals surface area contributed by atoms with Crippen molar-refractivity contribution in [3.8, 4) is 11.5 Å². The summed E-state index contributed by atoms with van der Waals surface area (Å²) in [5.41, 5.74) is 1.20. The predicted molar refractivity (Wildman–Crippen MR) is 98.4 cm³/mol. The minimum Gasteiger partial charge on any atom is -0.486 e. The lowest BCUT2D eigenvalue weighted by molar-refractivity contribution is 0.171. The highest BCUT2D eigenvalue weighted by atomic mass is 32.1. The first-order valence-electron chi connectivity index (χ1n) is 8.53. The van der Waals surface area contributed by atoms with Gasteiger partial charge in [-0.05, 0) is 38.5 Å². The van der Waals surface area contributed by atoms with Crippen molar-refractivity contribution in [3.63, 3.8) is 0 Å². The van der Waals surface area contributed by atoms with Crippen LogP contribution >= 0.6 is 11.3 Å². The molecule has 0 aliphatic carbocycles. The average Bonchev–Trinajstić information content (AvgIpc) is 3.09. The molecule has 130 valence electrons. The number of hydrogen-bond donors (Lipinski definition) is 1. The van der Waals surface area contributed by atoms with Crippen molar-refractivity contribution in [1.29, 1.82) is 0 Å². The number of hydrogen-bond acceptors (Lipinski definition) is 6. The second kappa shape index (κ2) is 7.85. The average molecular weight is 347 g/mol. The Morgan fingerprint density at radius 1 is 1.21 bits per heavy atom. The van der Waals surface area contributed by atoms with Crippen molar-refractivity contribution < 1.29 is 9.47 Å². The summed E-state index contributed by atoms with van der Waals surface area (Å²) >= 11 is 1.76. The molecule has 1 aliphatic rings. The van der Waals surface area contributed by atoms with E-state index in [1.165, 1.54) is 10.4 Å². The van der Waals surface area contributed by atoms with E-state index in [0.717, 1.165) is 36.3 Å². The number of nitrogens with one attached hydrogen (secondary N) is 1. The van der Waals surface area contributed by atoms with Gasteiger partial charge in [-0.25, -0.2) is 4.98 Å². The highest BCUT2D eigenvalue weighted by molar-refractivity contribution is 7.15. The van der Waals surface area contributed by atoms with Gasteiger partial charge in [0, 0.05) is 36.8 Å². The topological polar surface area (TPSA) is 46.6 Å². The van der Waals surface area contributed by atoms with Crippen LogP contribution in [0, 0.1) is 0 Å². The van der Waals surface area contributed by atoms with E-state index in [4.69, 9.17) is 9.47 Å². The van der Waals surface area contributed by atoms with Crippen LogP contribution in [0.5, 0.6) is 11.5 Å². The number of ether oxygens (including phenoxy) is 2. The Bertz CT molecular complexity index is 670. The third kappa shape index (κ3) is 3.82. The van der Waals surface area contributed by atoms with E-state index in [1.54, 1.807) is 11.3 Å². The lowest BCUT2D eigenvalue weighted by Crippen LogP contribution is -2.21. The molecule has 24 heavy (non-hydrogen) atoms. The monoisotopic (exact) mass is 347 g/mol. The van der Waals surface area contributed by atoms with Crippen LogP contribution in [-0.2, 0) is 6.54 Å². The van der Waals surface area contributed by atoms with E-state index in [0.29, 0.717) is 13.2 Å². The molecule has 0 bridgehead atoms. The van der Waals surface area contributed by atoms with Crippen LogP contribution in [0.2, 0.25) is 0 Å². The summed E-state index contributed by atoms with van der Waals surface area (Å²) in [5, 5.41) is 4.67. The second-order valence-electron chi connectivity index (χ2n) is 5.79. The maximum absolute atomic E-state index is 5.67. The fraction of sp³-hybridized carbons (Fsp3) is 0.500. The van der Waals surface area contributed by atoms with Gasteiger partial charge in [-0.1, -0.05) is 6.07 Å². The first-order valence-corrected chi connectivity index (χ1v) is 9.35. The Morgan fingerprint density at radius 3 is 2.71 bits per heavy atom. The molecule has 0 saturated carbocycles. The number of anilines is 1. The molecule has 1 unspecified atom stereocenters. The van der Waals surface area contributed by atoms with Crippen molar-refractivity contribution in [2.75, 3.05) is 31.2 Å². The fourth-order valence-corrected chi connectivity index (χ4v) is 3.71. The summed E-state index contributed by atoms with van der Waals surface area (Å²) in [6.45, 7) is 10.5. The molecular weight excluding hydrogens is 322 g/mol. The van der Waals surface area contributed by atoms with Crippen LogP contribution in [-0.4, -0.2) is 31.3 Å². The van der Waals surface area contributed by atoms with Crippen molar-refractivity contribution >= 4 is 16.5 Å². The van der Waals surface area contributed by atoms with Crippen LogP contribution in [0.3, 0.4) is 0 Å². The third-order valence-electron chi connectivity index (χ3n) is 4.22. The van der Waals surface area contributed by atoms with Crippen LogP contribution in [0.25, 0.3) is 0 Å². The van der Waals surface area contributed by atoms with E-state index in [1.807, 2.05) is 12.3 Å². The summed E-state index contributed by atoms with van der Waals surface area (Å²) in [7, 11) is 0. The van der Waals surface area contributed by atoms with E-state index >= 15 is 0 Å². The highest BCUT2D eigenvalue weighted by Crippen LogP contribution is 2.32. The van der Waals surface area contributed by atoms with Crippen LogP contribution in [0.4, 0.5) is 5.13 Å². The summed E-state index contributed by atoms with van der Waals surface area (Å²) in [5.74, 6) is 1.68. The normalized spacial score (nSPS) is 14.5. The first-order chi connectivity index (χ1) is 11.7. The molecular formula is C18H25N3O2S. The Balaban J connectivity index is 1.60. The molecule has 0 radical (unpaired) electrons. The van der Waals surface area contributed by atoms with E-state index < -0.39 is 0 Å². The maximum atomic E-state index is 5.67. The zero-order valence-electron chi connectivity index (χ0n) is 14.5. The second-order valence-corrected chi connectivity index (χ2v) is 6.88. The van der Waals surface area contributed by atoms with Gasteiger partial charge in [0.15, 0.2) is 16.6 Å². The lowest BCUT2D eigenvalue weighted by Gasteiger charge is -2.21. The minimum absolute atomic E-state index is 0.236. The van der Waals surface area contributed by atoms with E-state index in [-0.39, 0.29) is 6.04 Å². The van der Waals surface area contributed by atoms with Crippen LogP contribution in [0.1, 0.15) is 37.3 Å². The zero-order chi connectivity index (χ0) is 16.9. The maximum Gasteiger partial charge on any atom is 0.185 e. The lowest BCUT2D eigenvalue weighted by atomic mass is 10.1. The van der Waals surface area contributed by atoms with Crippen LogP contribution in [0.15, 0.2) is 24.4 Å². The van der Waals surface area contributed by atoms with Gasteiger partial charge in [0.2, 0.25) is 0 Å². The number of benzene rings is 1. The largest absolute Gasteiger partial charge is 0.486 e. The SMILES string of the molecule is CCN(CC)c1ncc(CNC(C)c2ccc3c(c2)OCCO3)s1. The zero-order valence-corrected chi connectivity index (χ0v) is 15.4. The molecule has 1 aromatic heterocycles. The van der Waals surface area contributed by atoms with E-state index in [2.05, 4.69) is 48.1 Å². The molecule has 3 rings (SSSR count). The molecule has 0 amide bonds. The summed E-state index contributed by atoms with van der Waals surface area (Å²) < 4.78 is 11.2. The molecule has 5 nitrogen and oxygen atoms in total. The van der Waals surface area contributed by atoms with Crippen LogP contribution < -0.4 is 19.7 Å². The van der Waals surface area contributed by atoms with Gasteiger partial charge in [0.1, 0.15) is 13.2 Å². The molecule has 1 aliphatic heterocycles. The number of nitrogens with zero attached hydrogens (tertiary/aromatic N) is 2.